The van der Waals surface area contributed by atoms with E-state index < -0.39 is 12.1 Å². The molecule has 0 saturated carbocycles. The van der Waals surface area contributed by atoms with Gasteiger partial charge in [0.25, 0.3) is 0 Å². The molecule has 4 heteroatoms. The van der Waals surface area contributed by atoms with Crippen molar-refractivity contribution < 1.29 is 15.0 Å². The number of hydrogen-bond donors (Lipinski definition) is 3. The minimum atomic E-state index is -0.870. The fraction of sp³-hybridized carbons (Fsp3) is 0.896. The summed E-state index contributed by atoms with van der Waals surface area (Å²) >= 11 is 0. The van der Waals surface area contributed by atoms with Crippen molar-refractivity contribution in [2.24, 2.45) is 0 Å². The van der Waals surface area contributed by atoms with Gasteiger partial charge < -0.3 is 15.5 Å². The molecule has 0 aliphatic carbocycles. The van der Waals surface area contributed by atoms with E-state index in [0.717, 1.165) is 38.5 Å². The zero-order valence-electron chi connectivity index (χ0n) is 48.5. The van der Waals surface area contributed by atoms with E-state index in [2.05, 4.69) is 43.5 Å². The third-order valence-electron chi connectivity index (χ3n) is 15.4. The zero-order valence-corrected chi connectivity index (χ0v) is 48.5. The lowest BCUT2D eigenvalue weighted by atomic mass is 10.0. The van der Waals surface area contributed by atoms with Gasteiger partial charge in [-0.25, -0.2) is 0 Å². The third kappa shape index (κ3) is 59.4. The highest BCUT2D eigenvalue weighted by Gasteiger charge is 2.18. The molecule has 0 aliphatic rings. The Balaban J connectivity index is 3.48. The number of carbonyl (C=O) groups is 1. The summed E-state index contributed by atoms with van der Waals surface area (Å²) in [5.74, 6) is -0.0701. The van der Waals surface area contributed by atoms with Gasteiger partial charge in [-0.3, -0.25) is 4.79 Å². The molecule has 3 N–H and O–H groups in total. The number of amides is 1. The molecule has 0 heterocycles. The Kier molecular flexibility index (Phi) is 61.7. The van der Waals surface area contributed by atoms with Crippen LogP contribution in [0, 0.1) is 0 Å². The fourth-order valence-electron chi connectivity index (χ4n) is 10.4. The van der Waals surface area contributed by atoms with Crippen LogP contribution in [0.3, 0.4) is 0 Å². The first-order valence-corrected chi connectivity index (χ1v) is 32.7. The van der Waals surface area contributed by atoms with E-state index in [1.54, 1.807) is 6.08 Å². The third-order valence-corrected chi connectivity index (χ3v) is 15.4. The van der Waals surface area contributed by atoms with Gasteiger partial charge in [-0.15, -0.1) is 0 Å². The van der Waals surface area contributed by atoms with E-state index in [4.69, 9.17) is 0 Å². The first kappa shape index (κ1) is 69.6. The van der Waals surface area contributed by atoms with Gasteiger partial charge in [0.1, 0.15) is 0 Å². The van der Waals surface area contributed by atoms with Gasteiger partial charge in [-0.2, -0.15) is 0 Å². The number of aliphatic hydroxyl groups excluding tert-OH is 2. The van der Waals surface area contributed by atoms with E-state index in [1.807, 2.05) is 6.08 Å². The Labute approximate surface area is 446 Å². The molecule has 0 bridgehead atoms. The second-order valence-electron chi connectivity index (χ2n) is 22.5. The summed E-state index contributed by atoms with van der Waals surface area (Å²) in [7, 11) is 0. The van der Waals surface area contributed by atoms with Crippen LogP contribution in [0.25, 0.3) is 0 Å². The Bertz CT molecular complexity index is 1080. The number of nitrogens with one attached hydrogen (secondary N) is 1. The SMILES string of the molecule is CCCCCCCCCCCCCCCCCCCCC/C=C/CC/C=C/CC/C=C/C(O)C(CO)NC(=O)CCCCCCCCCCCCCCCCCCCCCCCCCCCCCCCC. The summed E-state index contributed by atoms with van der Waals surface area (Å²) in [6.45, 7) is 4.34. The molecule has 0 aliphatic heterocycles. The molecule has 0 saturated heterocycles. The zero-order chi connectivity index (χ0) is 51.3. The van der Waals surface area contributed by atoms with Crippen LogP contribution in [0.15, 0.2) is 36.5 Å². The quantitative estimate of drug-likeness (QED) is 0.0420. The van der Waals surface area contributed by atoms with Crippen molar-refractivity contribution in [3.05, 3.63) is 36.5 Å². The second kappa shape index (κ2) is 62.9. The largest absolute Gasteiger partial charge is 0.394 e. The van der Waals surface area contributed by atoms with E-state index in [-0.39, 0.29) is 12.5 Å². The molecule has 0 aromatic carbocycles. The fourth-order valence-corrected chi connectivity index (χ4v) is 10.4. The number of allylic oxidation sites excluding steroid dienone is 5. The van der Waals surface area contributed by atoms with Crippen molar-refractivity contribution in [3.8, 4) is 0 Å². The van der Waals surface area contributed by atoms with Gasteiger partial charge in [0.05, 0.1) is 18.8 Å². The standard InChI is InChI=1S/C67H129NO3/c1-3-5-7-9-11-13-15-17-19-21-23-25-27-29-31-33-35-37-39-41-43-45-47-49-51-53-55-57-59-61-63-67(71)68-65(64-69)66(70)62-60-58-56-54-52-50-48-46-44-42-40-38-36-34-32-30-28-26-24-22-20-18-16-14-12-10-8-6-4-2/h44,46,52,54,60,62,65-66,69-70H,3-43,45,47-51,53,55-59,61,63-64H2,1-2H3,(H,68,71)/b46-44+,54-52+,62-60+. The molecule has 4 nitrogen and oxygen atoms in total. The molecule has 0 radical (unpaired) electrons. The summed E-state index contributed by atoms with van der Waals surface area (Å²) in [6, 6.07) is -0.645. The first-order valence-electron chi connectivity index (χ1n) is 32.7. The molecule has 2 unspecified atom stereocenters. The van der Waals surface area contributed by atoms with Crippen LogP contribution in [0.1, 0.15) is 367 Å². The molecular weight excluding hydrogens is 867 g/mol. The number of rotatable bonds is 61. The minimum Gasteiger partial charge on any atom is -0.394 e. The molecule has 0 rings (SSSR count). The Morgan fingerprint density at radius 2 is 0.549 bits per heavy atom. The van der Waals surface area contributed by atoms with Crippen molar-refractivity contribution >= 4 is 5.91 Å². The van der Waals surface area contributed by atoms with Gasteiger partial charge in [-0.1, -0.05) is 352 Å². The van der Waals surface area contributed by atoms with Crippen molar-refractivity contribution in [3.63, 3.8) is 0 Å². The number of aliphatic hydroxyl groups is 2. The van der Waals surface area contributed by atoms with Crippen LogP contribution in [0.5, 0.6) is 0 Å². The van der Waals surface area contributed by atoms with Crippen molar-refractivity contribution in [2.75, 3.05) is 6.61 Å². The van der Waals surface area contributed by atoms with Crippen LogP contribution in [0.2, 0.25) is 0 Å². The second-order valence-corrected chi connectivity index (χ2v) is 22.5. The lowest BCUT2D eigenvalue weighted by Crippen LogP contribution is -2.45. The smallest absolute Gasteiger partial charge is 0.220 e. The highest BCUT2D eigenvalue weighted by molar-refractivity contribution is 5.76. The van der Waals surface area contributed by atoms with Crippen LogP contribution >= 0.6 is 0 Å². The van der Waals surface area contributed by atoms with Gasteiger partial charge >= 0.3 is 0 Å². The lowest BCUT2D eigenvalue weighted by Gasteiger charge is -2.19. The molecule has 1 amide bonds. The van der Waals surface area contributed by atoms with E-state index in [1.165, 1.54) is 308 Å². The molecule has 2 atom stereocenters. The van der Waals surface area contributed by atoms with Gasteiger partial charge in [0.15, 0.2) is 0 Å². The van der Waals surface area contributed by atoms with Crippen LogP contribution < -0.4 is 5.32 Å². The minimum absolute atomic E-state index is 0.0701. The van der Waals surface area contributed by atoms with Crippen LogP contribution in [0.4, 0.5) is 0 Å². The summed E-state index contributed by atoms with van der Waals surface area (Å²) < 4.78 is 0. The Morgan fingerprint density at radius 1 is 0.324 bits per heavy atom. The first-order chi connectivity index (χ1) is 35.2. The van der Waals surface area contributed by atoms with E-state index in [9.17, 15) is 15.0 Å². The highest BCUT2D eigenvalue weighted by Crippen LogP contribution is 2.19. The summed E-state index contributed by atoms with van der Waals surface area (Å²) in [4.78, 5) is 12.5. The molecule has 0 fully saturated rings. The average molecular weight is 997 g/mol. The molecule has 420 valence electrons. The number of carbonyl (C=O) groups excluding carboxylic acids is 1. The monoisotopic (exact) mass is 996 g/mol. The van der Waals surface area contributed by atoms with E-state index >= 15 is 0 Å². The van der Waals surface area contributed by atoms with Gasteiger partial charge in [0.2, 0.25) is 5.91 Å². The normalized spacial score (nSPS) is 12.9. The lowest BCUT2D eigenvalue weighted by molar-refractivity contribution is -0.123. The van der Waals surface area contributed by atoms with Crippen LogP contribution in [-0.2, 0) is 4.79 Å². The number of hydrogen-bond acceptors (Lipinski definition) is 3. The predicted octanol–water partition coefficient (Wildman–Crippen LogP) is 22.0. The number of unbranched alkanes of at least 4 members (excludes halogenated alkanes) is 50. The maximum Gasteiger partial charge on any atom is 0.220 e. The topological polar surface area (TPSA) is 69.6 Å². The molecule has 0 aromatic rings. The van der Waals surface area contributed by atoms with Gasteiger partial charge in [-0.05, 0) is 44.9 Å². The highest BCUT2D eigenvalue weighted by atomic mass is 16.3. The Morgan fingerprint density at radius 3 is 0.817 bits per heavy atom. The molecule has 71 heavy (non-hydrogen) atoms. The van der Waals surface area contributed by atoms with Crippen molar-refractivity contribution in [1.29, 1.82) is 0 Å². The molecule has 0 aromatic heterocycles. The van der Waals surface area contributed by atoms with Crippen molar-refractivity contribution in [1.82, 2.24) is 5.32 Å². The summed E-state index contributed by atoms with van der Waals surface area (Å²) in [6.07, 6.45) is 86.5. The average Bonchev–Trinajstić information content (AvgIpc) is 3.37. The van der Waals surface area contributed by atoms with E-state index in [0.29, 0.717) is 6.42 Å². The molecular formula is C67H129NO3. The maximum atomic E-state index is 12.5. The van der Waals surface area contributed by atoms with Crippen molar-refractivity contribution in [2.45, 2.75) is 379 Å². The van der Waals surface area contributed by atoms with Gasteiger partial charge in [0, 0.05) is 6.42 Å². The predicted molar refractivity (Wildman–Crippen MR) is 318 cm³/mol. The Hall–Kier alpha value is -1.39. The molecule has 0 spiro atoms. The maximum absolute atomic E-state index is 12.5. The van der Waals surface area contributed by atoms with Crippen LogP contribution in [-0.4, -0.2) is 34.9 Å². The summed E-state index contributed by atoms with van der Waals surface area (Å²) in [5, 5.41) is 23.2. The summed E-state index contributed by atoms with van der Waals surface area (Å²) in [5.41, 5.74) is 0.